The van der Waals surface area contributed by atoms with Crippen LogP contribution in [0.3, 0.4) is 0 Å². The van der Waals surface area contributed by atoms with E-state index in [1.807, 2.05) is 0 Å². The Kier molecular flexibility index (Phi) is 5.08. The second kappa shape index (κ2) is 6.41. The third kappa shape index (κ3) is 4.92. The average Bonchev–Trinajstić information content (AvgIpc) is 2.71. The van der Waals surface area contributed by atoms with Crippen molar-refractivity contribution in [2.24, 2.45) is 0 Å². The largest absolute Gasteiger partial charge is 0.350 e. The number of nitrogens with one attached hydrogen (secondary N) is 1. The first-order valence-electron chi connectivity index (χ1n) is 7.01. The van der Waals surface area contributed by atoms with Crippen LogP contribution in [-0.2, 0) is 24.5 Å². The van der Waals surface area contributed by atoms with Crippen LogP contribution >= 0.6 is 11.6 Å². The molecule has 1 saturated heterocycles. The molecule has 1 aliphatic heterocycles. The van der Waals surface area contributed by atoms with Crippen LogP contribution in [0.4, 0.5) is 0 Å². The molecule has 23 heavy (non-hydrogen) atoms. The van der Waals surface area contributed by atoms with Gasteiger partial charge in [-0.05, 0) is 37.6 Å². The molecule has 0 unspecified atom stereocenters. The molecule has 1 aromatic rings. The van der Waals surface area contributed by atoms with Gasteiger partial charge in [0, 0.05) is 11.4 Å². The monoisotopic (exact) mass is 379 g/mol. The summed E-state index contributed by atoms with van der Waals surface area (Å²) in [6, 6.07) is 5.72. The van der Waals surface area contributed by atoms with E-state index in [0.29, 0.717) is 11.4 Å². The molecule has 0 radical (unpaired) electrons. The second-order valence-corrected chi connectivity index (χ2v) is 10.7. The van der Waals surface area contributed by atoms with E-state index in [1.165, 1.54) is 24.3 Å². The van der Waals surface area contributed by atoms with Gasteiger partial charge in [0.15, 0.2) is 19.7 Å². The quantitative estimate of drug-likeness (QED) is 0.828. The topological polar surface area (TPSA) is 97.4 Å². The molecule has 0 saturated carbocycles. The van der Waals surface area contributed by atoms with Gasteiger partial charge in [-0.15, -0.1) is 0 Å². The highest BCUT2D eigenvalue weighted by Gasteiger charge is 2.39. The molecule has 0 bridgehead atoms. The van der Waals surface area contributed by atoms with Crippen molar-refractivity contribution in [2.45, 2.75) is 30.2 Å². The maximum Gasteiger partial charge on any atom is 0.221 e. The Balaban J connectivity index is 1.95. The molecule has 6 nitrogen and oxygen atoms in total. The van der Waals surface area contributed by atoms with Crippen LogP contribution in [0.5, 0.6) is 0 Å². The minimum Gasteiger partial charge on any atom is -0.350 e. The van der Waals surface area contributed by atoms with Gasteiger partial charge in [-0.3, -0.25) is 4.79 Å². The van der Waals surface area contributed by atoms with E-state index < -0.39 is 31.1 Å². The van der Waals surface area contributed by atoms with Crippen LogP contribution < -0.4 is 5.32 Å². The molecule has 0 aliphatic carbocycles. The Morgan fingerprint density at radius 2 is 1.91 bits per heavy atom. The Morgan fingerprint density at radius 1 is 1.30 bits per heavy atom. The zero-order valence-electron chi connectivity index (χ0n) is 12.6. The number of carbonyl (C=O) groups is 1. The molecule has 0 aromatic heterocycles. The van der Waals surface area contributed by atoms with E-state index in [2.05, 4.69) is 5.32 Å². The van der Waals surface area contributed by atoms with Crippen molar-refractivity contribution in [1.82, 2.24) is 5.32 Å². The number of rotatable bonds is 5. The van der Waals surface area contributed by atoms with Gasteiger partial charge in [0.25, 0.3) is 0 Å². The van der Waals surface area contributed by atoms with E-state index in [9.17, 15) is 21.6 Å². The SMILES string of the molecule is C[C@@]1(NC(=O)CCS(=O)(=O)c2ccc(Cl)cc2)CCS(=O)(=O)C1. The molecule has 1 aromatic carbocycles. The predicted octanol–water partition coefficient (Wildman–Crippen LogP) is 1.20. The minimum atomic E-state index is -3.59. The minimum absolute atomic E-state index is 0.0346. The van der Waals surface area contributed by atoms with Crippen molar-refractivity contribution >= 4 is 37.2 Å². The number of amides is 1. The second-order valence-electron chi connectivity index (χ2n) is 5.97. The van der Waals surface area contributed by atoms with Crippen LogP contribution in [0.15, 0.2) is 29.2 Å². The van der Waals surface area contributed by atoms with Gasteiger partial charge in [-0.25, -0.2) is 16.8 Å². The van der Waals surface area contributed by atoms with E-state index in [0.717, 1.165) is 0 Å². The van der Waals surface area contributed by atoms with Crippen LogP contribution in [-0.4, -0.2) is 45.5 Å². The smallest absolute Gasteiger partial charge is 0.221 e. The summed E-state index contributed by atoms with van der Waals surface area (Å²) in [6.07, 6.45) is 0.117. The third-order valence-electron chi connectivity index (χ3n) is 3.72. The van der Waals surface area contributed by atoms with Crippen molar-refractivity contribution < 1.29 is 21.6 Å². The highest BCUT2D eigenvalue weighted by Crippen LogP contribution is 2.23. The number of benzene rings is 1. The fourth-order valence-electron chi connectivity index (χ4n) is 2.49. The predicted molar refractivity (Wildman–Crippen MR) is 87.9 cm³/mol. The molecule has 2 rings (SSSR count). The Hall–Kier alpha value is -1.12. The van der Waals surface area contributed by atoms with Gasteiger partial charge in [0.05, 0.1) is 27.7 Å². The first-order valence-corrected chi connectivity index (χ1v) is 10.9. The molecule has 1 N–H and O–H groups in total. The lowest BCUT2D eigenvalue weighted by molar-refractivity contribution is -0.122. The number of carbonyl (C=O) groups excluding carboxylic acids is 1. The van der Waals surface area contributed by atoms with E-state index in [-0.39, 0.29) is 28.6 Å². The fourth-order valence-corrected chi connectivity index (χ4v) is 5.95. The van der Waals surface area contributed by atoms with E-state index in [1.54, 1.807) is 6.92 Å². The third-order valence-corrected chi connectivity index (χ3v) is 7.60. The maximum absolute atomic E-state index is 12.1. The first kappa shape index (κ1) is 18.2. The number of sulfone groups is 2. The lowest BCUT2D eigenvalue weighted by Crippen LogP contribution is -2.47. The standard InChI is InChI=1S/C14H18ClNO5S2/c1-14(7-9-22(18,19)10-14)16-13(17)6-8-23(20,21)12-4-2-11(15)3-5-12/h2-5H,6-10H2,1H3,(H,16,17)/t14-/m1/s1. The summed E-state index contributed by atoms with van der Waals surface area (Å²) in [6.45, 7) is 1.66. The molecule has 9 heteroatoms. The van der Waals surface area contributed by atoms with Crippen molar-refractivity contribution in [2.75, 3.05) is 17.3 Å². The molecule has 128 valence electrons. The summed E-state index contributed by atoms with van der Waals surface area (Å²) in [4.78, 5) is 12.1. The fraction of sp³-hybridized carbons (Fsp3) is 0.500. The van der Waals surface area contributed by atoms with Gasteiger partial charge in [-0.2, -0.15) is 0 Å². The Morgan fingerprint density at radius 3 is 2.43 bits per heavy atom. The van der Waals surface area contributed by atoms with E-state index in [4.69, 9.17) is 11.6 Å². The van der Waals surface area contributed by atoms with Gasteiger partial charge < -0.3 is 5.32 Å². The van der Waals surface area contributed by atoms with Crippen LogP contribution in [0.2, 0.25) is 5.02 Å². The Bertz CT molecular complexity index is 802. The number of hydrogen-bond donors (Lipinski definition) is 1. The summed E-state index contributed by atoms with van der Waals surface area (Å²) < 4.78 is 47.3. The summed E-state index contributed by atoms with van der Waals surface area (Å²) in [5.74, 6) is -0.895. The lowest BCUT2D eigenvalue weighted by atomic mass is 10.0. The normalized spacial score (nSPS) is 23.6. The van der Waals surface area contributed by atoms with E-state index >= 15 is 0 Å². The summed E-state index contributed by atoms with van der Waals surface area (Å²) in [5, 5.41) is 3.07. The maximum atomic E-state index is 12.1. The molecule has 1 heterocycles. The molecule has 1 amide bonds. The van der Waals surface area contributed by atoms with Crippen LogP contribution in [0.25, 0.3) is 0 Å². The summed E-state index contributed by atoms with van der Waals surface area (Å²) >= 11 is 5.71. The van der Waals surface area contributed by atoms with Crippen molar-refractivity contribution in [3.63, 3.8) is 0 Å². The molecular formula is C14H18ClNO5S2. The molecule has 1 aliphatic rings. The molecule has 0 spiro atoms. The summed E-state index contributed by atoms with van der Waals surface area (Å²) in [7, 11) is -6.72. The van der Waals surface area contributed by atoms with Crippen LogP contribution in [0.1, 0.15) is 19.8 Å². The van der Waals surface area contributed by atoms with Gasteiger partial charge in [0.1, 0.15) is 0 Å². The zero-order chi connectivity index (χ0) is 17.3. The molecular weight excluding hydrogens is 362 g/mol. The Labute approximate surface area is 141 Å². The average molecular weight is 380 g/mol. The first-order chi connectivity index (χ1) is 10.5. The summed E-state index contributed by atoms with van der Waals surface area (Å²) in [5.41, 5.74) is -0.819. The van der Waals surface area contributed by atoms with Crippen molar-refractivity contribution in [3.8, 4) is 0 Å². The van der Waals surface area contributed by atoms with Gasteiger partial charge in [-0.1, -0.05) is 11.6 Å². The molecule has 1 atom stereocenters. The van der Waals surface area contributed by atoms with Gasteiger partial charge >= 0.3 is 0 Å². The molecule has 1 fully saturated rings. The number of halogens is 1. The zero-order valence-corrected chi connectivity index (χ0v) is 15.0. The number of hydrogen-bond acceptors (Lipinski definition) is 5. The van der Waals surface area contributed by atoms with Crippen LogP contribution in [0, 0.1) is 0 Å². The van der Waals surface area contributed by atoms with Gasteiger partial charge in [0.2, 0.25) is 5.91 Å². The lowest BCUT2D eigenvalue weighted by Gasteiger charge is -2.23. The van der Waals surface area contributed by atoms with Crippen molar-refractivity contribution in [1.29, 1.82) is 0 Å². The highest BCUT2D eigenvalue weighted by molar-refractivity contribution is 7.91. The van der Waals surface area contributed by atoms with Crippen molar-refractivity contribution in [3.05, 3.63) is 29.3 Å². The highest BCUT2D eigenvalue weighted by atomic mass is 35.5.